The first-order valence-corrected chi connectivity index (χ1v) is 9.15. The molecule has 25 heavy (non-hydrogen) atoms. The minimum absolute atomic E-state index is 0. The van der Waals surface area contributed by atoms with Gasteiger partial charge in [-0.15, -0.1) is 24.8 Å². The molecule has 0 aromatic heterocycles. The number of rotatable bonds is 5. The molecule has 7 heteroatoms. The third-order valence-electron chi connectivity index (χ3n) is 5.04. The maximum absolute atomic E-state index is 14.5. The Labute approximate surface area is 167 Å². The predicted molar refractivity (Wildman–Crippen MR) is 106 cm³/mol. The lowest BCUT2D eigenvalue weighted by atomic mass is 9.89. The Hall–Kier alpha value is -0.260. The van der Waals surface area contributed by atoms with Gasteiger partial charge < -0.3 is 10.1 Å². The van der Waals surface area contributed by atoms with Crippen LogP contribution in [0, 0.1) is 11.7 Å². The van der Waals surface area contributed by atoms with E-state index in [1.54, 1.807) is 6.07 Å². The molecule has 3 rings (SSSR count). The van der Waals surface area contributed by atoms with Crippen LogP contribution in [-0.2, 0) is 0 Å². The van der Waals surface area contributed by atoms with Crippen LogP contribution >= 0.6 is 36.4 Å². The van der Waals surface area contributed by atoms with E-state index in [1.807, 2.05) is 13.0 Å². The number of benzene rings is 1. The second-order valence-corrected chi connectivity index (χ2v) is 6.93. The van der Waals surface area contributed by atoms with Crippen LogP contribution in [0.25, 0.3) is 0 Å². The fraction of sp³-hybridized carbons (Fsp3) is 0.667. The molecule has 1 aromatic rings. The molecule has 0 unspecified atom stereocenters. The number of ether oxygens (including phenoxy) is 1. The van der Waals surface area contributed by atoms with Gasteiger partial charge in [-0.3, -0.25) is 4.90 Å². The monoisotopic (exact) mass is 412 g/mol. The van der Waals surface area contributed by atoms with Gasteiger partial charge in [-0.25, -0.2) is 4.39 Å². The molecule has 1 N–H and O–H groups in total. The Morgan fingerprint density at radius 2 is 1.88 bits per heavy atom. The standard InChI is InChI=1S/C18H26ClFN2O.2ClH/c1-2-23-18-15(19)11-14(12-16(18)20)17(13-5-3-4-6-13)22-9-7-21-8-10-22;;/h11-13,17,21H,2-10H2,1H3;2*1H/t17-;;/m0../s1. The first-order chi connectivity index (χ1) is 11.2. The van der Waals surface area contributed by atoms with Gasteiger partial charge in [0.15, 0.2) is 11.6 Å². The van der Waals surface area contributed by atoms with Crippen LogP contribution in [0.1, 0.15) is 44.2 Å². The van der Waals surface area contributed by atoms with Crippen LogP contribution in [-0.4, -0.2) is 37.7 Å². The summed E-state index contributed by atoms with van der Waals surface area (Å²) in [4.78, 5) is 2.50. The van der Waals surface area contributed by atoms with Crippen molar-refractivity contribution in [3.05, 3.63) is 28.5 Å². The zero-order valence-electron chi connectivity index (χ0n) is 14.6. The second kappa shape index (κ2) is 10.8. The second-order valence-electron chi connectivity index (χ2n) is 6.52. The van der Waals surface area contributed by atoms with Gasteiger partial charge in [0.1, 0.15) is 0 Å². The molecule has 1 aliphatic heterocycles. The van der Waals surface area contributed by atoms with Gasteiger partial charge >= 0.3 is 0 Å². The van der Waals surface area contributed by atoms with E-state index in [0.29, 0.717) is 17.5 Å². The van der Waals surface area contributed by atoms with Gasteiger partial charge in [0.25, 0.3) is 0 Å². The summed E-state index contributed by atoms with van der Waals surface area (Å²) in [7, 11) is 0. The summed E-state index contributed by atoms with van der Waals surface area (Å²) in [6, 6.07) is 3.82. The highest BCUT2D eigenvalue weighted by molar-refractivity contribution is 6.32. The van der Waals surface area contributed by atoms with Gasteiger partial charge in [-0.05, 0) is 43.4 Å². The zero-order valence-corrected chi connectivity index (χ0v) is 17.0. The highest BCUT2D eigenvalue weighted by Crippen LogP contribution is 2.42. The zero-order chi connectivity index (χ0) is 16.2. The lowest BCUT2D eigenvalue weighted by molar-refractivity contribution is 0.125. The molecule has 3 nitrogen and oxygen atoms in total. The highest BCUT2D eigenvalue weighted by atomic mass is 35.5. The normalized spacial score (nSPS) is 19.8. The Kier molecular flexibility index (Phi) is 9.83. The van der Waals surface area contributed by atoms with E-state index in [4.69, 9.17) is 16.3 Å². The van der Waals surface area contributed by atoms with Crippen molar-refractivity contribution >= 4 is 36.4 Å². The summed E-state index contributed by atoms with van der Waals surface area (Å²) in [6.07, 6.45) is 5.00. The van der Waals surface area contributed by atoms with Gasteiger partial charge in [-0.1, -0.05) is 24.4 Å². The quantitative estimate of drug-likeness (QED) is 0.746. The molecule has 1 saturated carbocycles. The van der Waals surface area contributed by atoms with Crippen LogP contribution in [0.3, 0.4) is 0 Å². The molecule has 1 saturated heterocycles. The number of hydrogen-bond acceptors (Lipinski definition) is 3. The van der Waals surface area contributed by atoms with E-state index in [9.17, 15) is 4.39 Å². The molecule has 1 aliphatic carbocycles. The van der Waals surface area contributed by atoms with Gasteiger partial charge in [-0.2, -0.15) is 0 Å². The Bertz CT molecular complexity index is 512. The molecule has 1 heterocycles. The van der Waals surface area contributed by atoms with Crippen molar-refractivity contribution in [2.24, 2.45) is 5.92 Å². The fourth-order valence-electron chi connectivity index (χ4n) is 4.05. The van der Waals surface area contributed by atoms with Crippen molar-refractivity contribution in [2.75, 3.05) is 32.8 Å². The predicted octanol–water partition coefficient (Wildman–Crippen LogP) is 4.86. The fourth-order valence-corrected chi connectivity index (χ4v) is 4.32. The topological polar surface area (TPSA) is 24.5 Å². The lowest BCUT2D eigenvalue weighted by Gasteiger charge is -2.38. The van der Waals surface area contributed by atoms with E-state index in [0.717, 1.165) is 31.7 Å². The smallest absolute Gasteiger partial charge is 0.173 e. The molecule has 2 fully saturated rings. The summed E-state index contributed by atoms with van der Waals surface area (Å²) in [5.74, 6) is 0.442. The minimum atomic E-state index is -0.340. The molecule has 0 spiro atoms. The number of nitrogens with one attached hydrogen (secondary N) is 1. The Morgan fingerprint density at radius 3 is 2.44 bits per heavy atom. The van der Waals surface area contributed by atoms with E-state index in [-0.39, 0.29) is 42.4 Å². The number of hydrogen-bond donors (Lipinski definition) is 1. The Balaban J connectivity index is 0.00000156. The summed E-state index contributed by atoms with van der Waals surface area (Å²) >= 11 is 6.31. The SMILES string of the molecule is CCOc1c(F)cc([C@H](C2CCCC2)N2CCNCC2)cc1Cl.Cl.Cl. The molecule has 0 bridgehead atoms. The van der Waals surface area contributed by atoms with Crippen LogP contribution in [0.15, 0.2) is 12.1 Å². The molecule has 1 atom stereocenters. The molecule has 144 valence electrons. The van der Waals surface area contributed by atoms with E-state index < -0.39 is 0 Å². The minimum Gasteiger partial charge on any atom is -0.489 e. The molecule has 0 radical (unpaired) electrons. The Morgan fingerprint density at radius 1 is 1.24 bits per heavy atom. The summed E-state index contributed by atoms with van der Waals surface area (Å²) in [5, 5.41) is 3.79. The van der Waals surface area contributed by atoms with E-state index in [2.05, 4.69) is 10.2 Å². The van der Waals surface area contributed by atoms with Crippen LogP contribution in [0.5, 0.6) is 5.75 Å². The van der Waals surface area contributed by atoms with Gasteiger partial charge in [0.2, 0.25) is 0 Å². The number of piperazine rings is 1. The summed E-state index contributed by atoms with van der Waals surface area (Å²) < 4.78 is 19.8. The summed E-state index contributed by atoms with van der Waals surface area (Å²) in [5.41, 5.74) is 1.00. The average Bonchev–Trinajstić information content (AvgIpc) is 3.06. The van der Waals surface area contributed by atoms with E-state index >= 15 is 0 Å². The first-order valence-electron chi connectivity index (χ1n) is 8.77. The number of nitrogens with zero attached hydrogens (tertiary/aromatic N) is 1. The van der Waals surface area contributed by atoms with Crippen LogP contribution in [0.2, 0.25) is 5.02 Å². The van der Waals surface area contributed by atoms with Crippen LogP contribution in [0.4, 0.5) is 4.39 Å². The third kappa shape index (κ3) is 5.36. The molecule has 2 aliphatic rings. The third-order valence-corrected chi connectivity index (χ3v) is 5.32. The van der Waals surface area contributed by atoms with Gasteiger partial charge in [0, 0.05) is 32.2 Å². The lowest BCUT2D eigenvalue weighted by Crippen LogP contribution is -2.46. The first kappa shape index (κ1) is 22.8. The van der Waals surface area contributed by atoms with Gasteiger partial charge in [0.05, 0.1) is 11.6 Å². The van der Waals surface area contributed by atoms with Crippen molar-refractivity contribution in [3.63, 3.8) is 0 Å². The maximum atomic E-state index is 14.5. The van der Waals surface area contributed by atoms with Crippen LogP contribution < -0.4 is 10.1 Å². The van der Waals surface area contributed by atoms with Crippen molar-refractivity contribution in [3.8, 4) is 5.75 Å². The average molecular weight is 414 g/mol. The molecular weight excluding hydrogens is 386 g/mol. The van der Waals surface area contributed by atoms with Crippen molar-refractivity contribution in [2.45, 2.75) is 38.6 Å². The molecule has 0 amide bonds. The van der Waals surface area contributed by atoms with E-state index in [1.165, 1.54) is 25.7 Å². The molecule has 1 aromatic carbocycles. The summed E-state index contributed by atoms with van der Waals surface area (Å²) in [6.45, 7) is 6.26. The maximum Gasteiger partial charge on any atom is 0.173 e. The van der Waals surface area contributed by atoms with Crippen molar-refractivity contribution < 1.29 is 9.13 Å². The van der Waals surface area contributed by atoms with Crippen molar-refractivity contribution in [1.29, 1.82) is 0 Å². The number of halogens is 4. The highest BCUT2D eigenvalue weighted by Gasteiger charge is 2.32. The molecular formula is C18H28Cl3FN2O. The van der Waals surface area contributed by atoms with Crippen molar-refractivity contribution in [1.82, 2.24) is 10.2 Å². The largest absolute Gasteiger partial charge is 0.489 e.